The van der Waals surface area contributed by atoms with Crippen LogP contribution < -0.4 is 14.9 Å². The minimum atomic E-state index is -4.02. The Kier molecular flexibility index (Phi) is 9.40. The summed E-state index contributed by atoms with van der Waals surface area (Å²) in [7, 11) is -1.93. The van der Waals surface area contributed by atoms with Crippen LogP contribution in [0.4, 0.5) is 11.4 Å². The van der Waals surface area contributed by atoms with Crippen LogP contribution in [0, 0.1) is 5.92 Å². The van der Waals surface area contributed by atoms with Crippen LogP contribution in [0.1, 0.15) is 36.2 Å². The summed E-state index contributed by atoms with van der Waals surface area (Å²) >= 11 is 0. The monoisotopic (exact) mass is 609 g/mol. The normalized spacial score (nSPS) is 11.4. The van der Waals surface area contributed by atoms with Gasteiger partial charge in [0.15, 0.2) is 0 Å². The van der Waals surface area contributed by atoms with Crippen LogP contribution in [0.5, 0.6) is 0 Å². The molecule has 0 aliphatic rings. The average molecular weight is 610 g/mol. The minimum Gasteiger partial charge on any atom is -0.379 e. The zero-order chi connectivity index (χ0) is 31.1. The maximum absolute atomic E-state index is 12.8. The third-order valence-corrected chi connectivity index (χ3v) is 8.46. The Bertz CT molecular complexity index is 1820. The van der Waals surface area contributed by atoms with E-state index in [1.54, 1.807) is 30.3 Å². The van der Waals surface area contributed by atoms with Crippen molar-refractivity contribution in [3.63, 3.8) is 0 Å². The smallest absolute Gasteiger partial charge is 0.265 e. The highest BCUT2D eigenvalue weighted by Gasteiger charge is 2.20. The van der Waals surface area contributed by atoms with E-state index in [0.717, 1.165) is 35.5 Å². The van der Waals surface area contributed by atoms with Crippen LogP contribution in [0.25, 0.3) is 22.8 Å². The molecular weight excluding hydrogens is 574 g/mol. The molecule has 0 saturated carbocycles. The van der Waals surface area contributed by atoms with Gasteiger partial charge >= 0.3 is 0 Å². The molecule has 0 bridgehead atoms. The lowest BCUT2D eigenvalue weighted by molar-refractivity contribution is 0.0981. The van der Waals surface area contributed by atoms with Gasteiger partial charge in [-0.25, -0.2) is 13.1 Å². The highest BCUT2D eigenvalue weighted by Crippen LogP contribution is 2.32. The van der Waals surface area contributed by atoms with Crippen LogP contribution in [0.3, 0.4) is 0 Å². The number of rotatable bonds is 12. The van der Waals surface area contributed by atoms with E-state index in [9.17, 15) is 13.2 Å². The zero-order valence-electron chi connectivity index (χ0n) is 24.9. The Morgan fingerprint density at radius 3 is 2.34 bits per heavy atom. The van der Waals surface area contributed by atoms with Crippen molar-refractivity contribution in [2.45, 2.75) is 31.7 Å². The molecule has 2 N–H and O–H groups in total. The molecule has 0 unspecified atom stereocenters. The molecule has 1 heterocycles. The fourth-order valence-electron chi connectivity index (χ4n) is 4.61. The molecule has 5 aromatic rings. The Hall–Kier alpha value is -4.96. The molecule has 0 aliphatic heterocycles. The van der Waals surface area contributed by atoms with Gasteiger partial charge in [-0.05, 0) is 66.4 Å². The predicted molar refractivity (Wildman–Crippen MR) is 173 cm³/mol. The number of carbonyl (C=O) groups excluding carboxylic acids is 1. The molecule has 1 aromatic heterocycles. The van der Waals surface area contributed by atoms with Gasteiger partial charge in [0.1, 0.15) is 0 Å². The molecule has 9 nitrogen and oxygen atoms in total. The number of nitrogens with zero attached hydrogens (tertiary/aromatic N) is 3. The Morgan fingerprint density at radius 1 is 0.886 bits per heavy atom. The van der Waals surface area contributed by atoms with Crippen molar-refractivity contribution in [2.24, 2.45) is 5.92 Å². The number of nitrogens with one attached hydrogen (secondary N) is 2. The van der Waals surface area contributed by atoms with E-state index in [2.05, 4.69) is 64.2 Å². The summed E-state index contributed by atoms with van der Waals surface area (Å²) in [6, 6.07) is 30.3. The lowest BCUT2D eigenvalue weighted by atomic mass is 10.1. The van der Waals surface area contributed by atoms with Gasteiger partial charge in [0, 0.05) is 36.8 Å². The summed E-state index contributed by atoms with van der Waals surface area (Å²) in [5, 5.41) is 7.78. The van der Waals surface area contributed by atoms with Gasteiger partial charge in [-0.15, -0.1) is 0 Å². The molecule has 226 valence electrons. The van der Waals surface area contributed by atoms with Crippen molar-refractivity contribution in [3.05, 3.63) is 114 Å². The molecule has 0 saturated heterocycles. The van der Waals surface area contributed by atoms with Crippen LogP contribution >= 0.6 is 0 Å². The van der Waals surface area contributed by atoms with Crippen LogP contribution in [-0.2, 0) is 16.6 Å². The van der Waals surface area contributed by atoms with Crippen LogP contribution in [0.2, 0.25) is 0 Å². The molecule has 10 heteroatoms. The molecule has 44 heavy (non-hydrogen) atoms. The summed E-state index contributed by atoms with van der Waals surface area (Å²) < 4.78 is 33.0. The Morgan fingerprint density at radius 2 is 1.61 bits per heavy atom. The van der Waals surface area contributed by atoms with Crippen LogP contribution in [-0.4, -0.2) is 38.1 Å². The van der Waals surface area contributed by atoms with Gasteiger partial charge in [0.25, 0.3) is 21.8 Å². The molecular formula is C34H35N5O4S. The SMILES string of the molecule is CC(C)CCN(C)c1ccc(-c2noc(-c3cccc(C(=O)NS(=O)(=O)c4ccccc4)c3)n2)cc1NCc1ccccc1. The molecule has 0 spiro atoms. The first-order valence-electron chi connectivity index (χ1n) is 14.4. The predicted octanol–water partition coefficient (Wildman–Crippen LogP) is 6.62. The lowest BCUT2D eigenvalue weighted by Gasteiger charge is -2.24. The Labute approximate surface area is 258 Å². The van der Waals surface area contributed by atoms with E-state index in [4.69, 9.17) is 4.52 Å². The van der Waals surface area contributed by atoms with Crippen molar-refractivity contribution in [2.75, 3.05) is 23.8 Å². The van der Waals surface area contributed by atoms with Crippen molar-refractivity contribution in [1.82, 2.24) is 14.9 Å². The minimum absolute atomic E-state index is 0.000749. The van der Waals surface area contributed by atoms with E-state index in [-0.39, 0.29) is 16.3 Å². The molecule has 1 amide bonds. The molecule has 0 fully saturated rings. The number of sulfonamides is 1. The first-order chi connectivity index (χ1) is 21.2. The maximum atomic E-state index is 12.8. The second kappa shape index (κ2) is 13.6. The zero-order valence-corrected chi connectivity index (χ0v) is 25.7. The van der Waals surface area contributed by atoms with E-state index < -0.39 is 15.9 Å². The largest absolute Gasteiger partial charge is 0.379 e. The summed E-state index contributed by atoms with van der Waals surface area (Å²) in [5.41, 5.74) is 4.57. The van der Waals surface area contributed by atoms with Gasteiger partial charge < -0.3 is 14.7 Å². The summed E-state index contributed by atoms with van der Waals surface area (Å²) in [6.45, 7) is 6.00. The van der Waals surface area contributed by atoms with Crippen molar-refractivity contribution >= 4 is 27.3 Å². The highest BCUT2D eigenvalue weighted by atomic mass is 32.2. The van der Waals surface area contributed by atoms with E-state index in [1.807, 2.05) is 30.3 Å². The first-order valence-corrected chi connectivity index (χ1v) is 15.9. The van der Waals surface area contributed by atoms with Gasteiger partial charge in [-0.3, -0.25) is 4.79 Å². The highest BCUT2D eigenvalue weighted by molar-refractivity contribution is 7.90. The van der Waals surface area contributed by atoms with E-state index >= 15 is 0 Å². The fraction of sp³-hybridized carbons (Fsp3) is 0.206. The van der Waals surface area contributed by atoms with E-state index in [0.29, 0.717) is 23.9 Å². The Balaban J connectivity index is 1.38. The third-order valence-electron chi connectivity index (χ3n) is 7.11. The topological polar surface area (TPSA) is 117 Å². The molecule has 4 aromatic carbocycles. The van der Waals surface area contributed by atoms with Crippen molar-refractivity contribution in [1.29, 1.82) is 0 Å². The first kappa shape index (κ1) is 30.5. The lowest BCUT2D eigenvalue weighted by Crippen LogP contribution is -2.30. The number of benzene rings is 4. The summed E-state index contributed by atoms with van der Waals surface area (Å²) in [6.07, 6.45) is 1.07. The number of amides is 1. The number of hydrogen-bond acceptors (Lipinski definition) is 8. The fourth-order valence-corrected chi connectivity index (χ4v) is 5.60. The summed E-state index contributed by atoms with van der Waals surface area (Å²) in [4.78, 5) is 19.7. The second-order valence-corrected chi connectivity index (χ2v) is 12.6. The number of anilines is 2. The van der Waals surface area contributed by atoms with E-state index in [1.165, 1.54) is 24.3 Å². The quantitative estimate of drug-likeness (QED) is 0.162. The molecule has 0 aliphatic carbocycles. The van der Waals surface area contributed by atoms with Crippen molar-refractivity contribution in [3.8, 4) is 22.8 Å². The number of carbonyl (C=O) groups is 1. The number of hydrogen-bond donors (Lipinski definition) is 2. The summed E-state index contributed by atoms with van der Waals surface area (Å²) in [5.74, 6) is 0.424. The average Bonchev–Trinajstić information content (AvgIpc) is 3.54. The molecule has 0 atom stereocenters. The van der Waals surface area contributed by atoms with Gasteiger partial charge in [-0.2, -0.15) is 4.98 Å². The van der Waals surface area contributed by atoms with Gasteiger partial charge in [0.2, 0.25) is 5.82 Å². The standard InChI is InChI=1S/C34H35N5O4S/c1-24(2)19-20-39(3)31-18-17-26(22-30(31)35-23-25-11-6-4-7-12-25)32-36-34(43-37-32)28-14-10-13-27(21-28)33(40)38-44(41,42)29-15-8-5-9-16-29/h4-18,21-22,24,35H,19-20,23H2,1-3H3,(H,38,40). The van der Waals surface area contributed by atoms with Crippen molar-refractivity contribution < 1.29 is 17.7 Å². The van der Waals surface area contributed by atoms with Crippen LogP contribution in [0.15, 0.2) is 113 Å². The molecule has 5 rings (SSSR count). The van der Waals surface area contributed by atoms with Gasteiger partial charge in [0.05, 0.1) is 16.3 Å². The van der Waals surface area contributed by atoms with Gasteiger partial charge in [-0.1, -0.05) is 73.6 Å². The number of aromatic nitrogens is 2. The maximum Gasteiger partial charge on any atom is 0.265 e. The second-order valence-electron chi connectivity index (χ2n) is 10.9. The third kappa shape index (κ3) is 7.51. The molecule has 0 radical (unpaired) electrons.